The molecule has 10 heteroatoms. The largest absolute Gasteiger partial charge is 0.416 e. The van der Waals surface area contributed by atoms with Crippen LogP contribution in [-0.4, -0.2) is 11.0 Å². The zero-order valence-electron chi connectivity index (χ0n) is 11.7. The van der Waals surface area contributed by atoms with E-state index in [1.807, 2.05) is 0 Å². The molecule has 2 rings (SSSR count). The minimum absolute atomic E-state index is 0.0498. The molecule has 0 aliphatic heterocycles. The van der Waals surface area contributed by atoms with Gasteiger partial charge in [0.05, 0.1) is 16.2 Å². The molecular formula is C14H9ClF3N3O3. The van der Waals surface area contributed by atoms with Crippen LogP contribution in [0.2, 0.25) is 5.02 Å². The van der Waals surface area contributed by atoms with Crippen molar-refractivity contribution >= 4 is 34.7 Å². The number of carbonyl (C=O) groups is 1. The van der Waals surface area contributed by atoms with Crippen molar-refractivity contribution < 1.29 is 22.9 Å². The summed E-state index contributed by atoms with van der Waals surface area (Å²) in [5.41, 5.74) is 3.05. The first-order chi connectivity index (χ1) is 11.1. The van der Waals surface area contributed by atoms with Gasteiger partial charge >= 0.3 is 12.2 Å². The van der Waals surface area contributed by atoms with E-state index in [-0.39, 0.29) is 16.4 Å². The molecule has 2 amide bonds. The van der Waals surface area contributed by atoms with E-state index in [9.17, 15) is 28.1 Å². The van der Waals surface area contributed by atoms with Crippen LogP contribution in [0.15, 0.2) is 42.5 Å². The van der Waals surface area contributed by atoms with E-state index in [1.54, 1.807) is 0 Å². The molecule has 2 N–H and O–H groups in total. The van der Waals surface area contributed by atoms with Crippen LogP contribution in [0, 0.1) is 10.1 Å². The summed E-state index contributed by atoms with van der Waals surface area (Å²) in [5.74, 6) is 0. The zero-order chi connectivity index (χ0) is 18.1. The van der Waals surface area contributed by atoms with Gasteiger partial charge in [-0.1, -0.05) is 17.7 Å². The van der Waals surface area contributed by atoms with E-state index in [0.29, 0.717) is 11.0 Å². The molecule has 0 aromatic heterocycles. The Labute approximate surface area is 138 Å². The number of rotatable bonds is 3. The van der Waals surface area contributed by atoms with Gasteiger partial charge < -0.3 is 5.73 Å². The number of urea groups is 1. The lowest BCUT2D eigenvalue weighted by atomic mass is 10.1. The topological polar surface area (TPSA) is 89.5 Å². The summed E-state index contributed by atoms with van der Waals surface area (Å²) in [4.78, 5) is 22.7. The number of hydrogen-bond donors (Lipinski definition) is 1. The number of nitrogens with zero attached hydrogens (tertiary/aromatic N) is 2. The summed E-state index contributed by atoms with van der Waals surface area (Å²) in [6, 6.07) is 5.82. The summed E-state index contributed by atoms with van der Waals surface area (Å²) < 4.78 is 38.5. The fourth-order valence-corrected chi connectivity index (χ4v) is 2.20. The number of benzene rings is 2. The highest BCUT2D eigenvalue weighted by atomic mass is 35.5. The molecule has 0 atom stereocenters. The van der Waals surface area contributed by atoms with Crippen LogP contribution in [0.25, 0.3) is 0 Å². The first-order valence-electron chi connectivity index (χ1n) is 6.32. The average Bonchev–Trinajstić information content (AvgIpc) is 2.46. The summed E-state index contributed by atoms with van der Waals surface area (Å²) in [7, 11) is 0. The van der Waals surface area contributed by atoms with Gasteiger partial charge in [0, 0.05) is 11.1 Å². The number of nitro benzene ring substituents is 1. The van der Waals surface area contributed by atoms with Gasteiger partial charge in [-0.25, -0.2) is 4.79 Å². The second-order valence-corrected chi connectivity index (χ2v) is 5.05. The minimum atomic E-state index is -4.65. The molecule has 0 saturated carbocycles. The van der Waals surface area contributed by atoms with Crippen LogP contribution < -0.4 is 10.6 Å². The Hall–Kier alpha value is -2.81. The summed E-state index contributed by atoms with van der Waals surface area (Å²) in [6.07, 6.45) is -4.65. The number of primary amides is 1. The van der Waals surface area contributed by atoms with Gasteiger partial charge in [-0.15, -0.1) is 0 Å². The SMILES string of the molecule is NC(=O)N(c1cccc(C(F)(F)F)c1)c1cc(Cl)ccc1[N+](=O)[O-]. The molecule has 6 nitrogen and oxygen atoms in total. The third kappa shape index (κ3) is 3.57. The molecule has 0 unspecified atom stereocenters. The molecule has 0 aliphatic carbocycles. The molecular weight excluding hydrogens is 351 g/mol. The van der Waals surface area contributed by atoms with Gasteiger partial charge in [0.2, 0.25) is 0 Å². The van der Waals surface area contributed by atoms with Gasteiger partial charge in [0.1, 0.15) is 5.69 Å². The number of nitro groups is 1. The van der Waals surface area contributed by atoms with Gasteiger partial charge in [-0.05, 0) is 30.3 Å². The van der Waals surface area contributed by atoms with Crippen molar-refractivity contribution in [1.82, 2.24) is 0 Å². The third-order valence-electron chi connectivity index (χ3n) is 3.03. The third-order valence-corrected chi connectivity index (χ3v) is 3.26. The van der Waals surface area contributed by atoms with Crippen LogP contribution in [0.1, 0.15) is 5.56 Å². The molecule has 2 aromatic carbocycles. The Bertz CT molecular complexity index is 811. The average molecular weight is 360 g/mol. The number of alkyl halides is 3. The quantitative estimate of drug-likeness (QED) is 0.647. The van der Waals surface area contributed by atoms with Crippen LogP contribution in [0.4, 0.5) is 35.0 Å². The van der Waals surface area contributed by atoms with E-state index in [2.05, 4.69) is 0 Å². The second-order valence-electron chi connectivity index (χ2n) is 4.61. The molecule has 0 aliphatic rings. The Morgan fingerprint density at radius 1 is 1.21 bits per heavy atom. The molecule has 2 aromatic rings. The fourth-order valence-electron chi connectivity index (χ4n) is 2.04. The van der Waals surface area contributed by atoms with Gasteiger partial charge in [-0.3, -0.25) is 15.0 Å². The maximum atomic E-state index is 12.8. The maximum Gasteiger partial charge on any atom is 0.416 e. The molecule has 0 heterocycles. The van der Waals surface area contributed by atoms with E-state index in [4.69, 9.17) is 17.3 Å². The number of amides is 2. The van der Waals surface area contributed by atoms with Crippen molar-refractivity contribution in [2.45, 2.75) is 6.18 Å². The summed E-state index contributed by atoms with van der Waals surface area (Å²) >= 11 is 5.78. The lowest BCUT2D eigenvalue weighted by Crippen LogP contribution is -2.32. The van der Waals surface area contributed by atoms with Crippen molar-refractivity contribution in [3.8, 4) is 0 Å². The fraction of sp³-hybridized carbons (Fsp3) is 0.0714. The van der Waals surface area contributed by atoms with Crippen molar-refractivity contribution in [3.63, 3.8) is 0 Å². The standard InChI is InChI=1S/C14H9ClF3N3O3/c15-9-4-5-11(21(23)24)12(7-9)20(13(19)22)10-3-1-2-8(6-10)14(16,17)18/h1-7H,(H2,19,22). The maximum absolute atomic E-state index is 12.8. The molecule has 0 saturated heterocycles. The Morgan fingerprint density at radius 2 is 1.88 bits per heavy atom. The molecule has 126 valence electrons. The molecule has 0 fully saturated rings. The highest BCUT2D eigenvalue weighted by molar-refractivity contribution is 6.31. The van der Waals surface area contributed by atoms with Crippen molar-refractivity contribution in [2.75, 3.05) is 4.90 Å². The highest BCUT2D eigenvalue weighted by Gasteiger charge is 2.32. The van der Waals surface area contributed by atoms with E-state index in [0.717, 1.165) is 24.3 Å². The van der Waals surface area contributed by atoms with E-state index >= 15 is 0 Å². The number of nitrogens with two attached hydrogens (primary N) is 1. The molecule has 0 bridgehead atoms. The smallest absolute Gasteiger partial charge is 0.351 e. The van der Waals surface area contributed by atoms with Crippen molar-refractivity contribution in [3.05, 3.63) is 63.2 Å². The molecule has 0 spiro atoms. The lowest BCUT2D eigenvalue weighted by Gasteiger charge is -2.21. The van der Waals surface area contributed by atoms with Crippen LogP contribution in [0.3, 0.4) is 0 Å². The Kier molecular flexibility index (Phi) is 4.65. The highest BCUT2D eigenvalue weighted by Crippen LogP contribution is 2.38. The first-order valence-corrected chi connectivity index (χ1v) is 6.70. The van der Waals surface area contributed by atoms with Crippen LogP contribution >= 0.6 is 11.6 Å². The van der Waals surface area contributed by atoms with Gasteiger partial charge in [-0.2, -0.15) is 13.2 Å². The number of anilines is 2. The van der Waals surface area contributed by atoms with Gasteiger partial charge in [0.25, 0.3) is 5.69 Å². The van der Waals surface area contributed by atoms with Crippen LogP contribution in [0.5, 0.6) is 0 Å². The van der Waals surface area contributed by atoms with E-state index in [1.165, 1.54) is 12.1 Å². The predicted octanol–water partition coefficient (Wildman–Crippen LogP) is 4.48. The zero-order valence-corrected chi connectivity index (χ0v) is 12.5. The first kappa shape index (κ1) is 17.5. The second kappa shape index (κ2) is 6.36. The molecule has 24 heavy (non-hydrogen) atoms. The number of carbonyl (C=O) groups excluding carboxylic acids is 1. The number of hydrogen-bond acceptors (Lipinski definition) is 3. The summed E-state index contributed by atoms with van der Waals surface area (Å²) in [5, 5.41) is 11.2. The number of halogens is 4. The Balaban J connectivity index is 2.67. The van der Waals surface area contributed by atoms with Crippen LogP contribution in [-0.2, 0) is 6.18 Å². The molecule has 0 radical (unpaired) electrons. The van der Waals surface area contributed by atoms with Crippen molar-refractivity contribution in [2.24, 2.45) is 5.73 Å². The van der Waals surface area contributed by atoms with Crippen molar-refractivity contribution in [1.29, 1.82) is 0 Å². The summed E-state index contributed by atoms with van der Waals surface area (Å²) in [6.45, 7) is 0. The van der Waals surface area contributed by atoms with E-state index < -0.39 is 28.4 Å². The predicted molar refractivity (Wildman–Crippen MR) is 81.3 cm³/mol. The minimum Gasteiger partial charge on any atom is -0.351 e. The van der Waals surface area contributed by atoms with Gasteiger partial charge in [0.15, 0.2) is 0 Å². The monoisotopic (exact) mass is 359 g/mol. The Morgan fingerprint density at radius 3 is 2.42 bits per heavy atom. The lowest BCUT2D eigenvalue weighted by molar-refractivity contribution is -0.384. The normalized spacial score (nSPS) is 11.2.